The van der Waals surface area contributed by atoms with Gasteiger partial charge in [-0.15, -0.1) is 0 Å². The van der Waals surface area contributed by atoms with Gasteiger partial charge in [0.05, 0.1) is 5.56 Å². The zero-order chi connectivity index (χ0) is 14.5. The summed E-state index contributed by atoms with van der Waals surface area (Å²) in [5.74, 6) is -0.983. The molecule has 104 valence electrons. The first-order chi connectivity index (χ1) is 9.61. The molecule has 0 spiro atoms. The van der Waals surface area contributed by atoms with Crippen LogP contribution < -0.4 is 11.1 Å². The first kappa shape index (κ1) is 13.9. The highest BCUT2D eigenvalue weighted by Crippen LogP contribution is 2.20. The van der Waals surface area contributed by atoms with Gasteiger partial charge in [-0.2, -0.15) is 0 Å². The first-order valence-electron chi connectivity index (χ1n) is 6.55. The lowest BCUT2D eigenvalue weighted by Gasteiger charge is -2.12. The molecule has 2 aromatic carbocycles. The van der Waals surface area contributed by atoms with Crippen molar-refractivity contribution in [2.75, 3.05) is 11.1 Å². The van der Waals surface area contributed by atoms with E-state index in [0.717, 1.165) is 6.42 Å². The lowest BCUT2D eigenvalue weighted by Crippen LogP contribution is -2.08. The lowest BCUT2D eigenvalue weighted by atomic mass is 10.0. The van der Waals surface area contributed by atoms with E-state index in [4.69, 9.17) is 5.73 Å². The van der Waals surface area contributed by atoms with E-state index in [1.807, 2.05) is 18.2 Å². The molecule has 4 nitrogen and oxygen atoms in total. The smallest absolute Gasteiger partial charge is 0.337 e. The molecule has 4 N–H and O–H groups in total. The highest BCUT2D eigenvalue weighted by Gasteiger charge is 2.10. The summed E-state index contributed by atoms with van der Waals surface area (Å²) in [5.41, 5.74) is 9.27. The Morgan fingerprint density at radius 1 is 1.20 bits per heavy atom. The maximum absolute atomic E-state index is 11.2. The fraction of sp³-hybridized carbons (Fsp3) is 0.188. The zero-order valence-corrected chi connectivity index (χ0v) is 11.4. The largest absolute Gasteiger partial charge is 0.478 e. The fourth-order valence-electron chi connectivity index (χ4n) is 2.16. The van der Waals surface area contributed by atoms with Crippen molar-refractivity contribution in [1.29, 1.82) is 0 Å². The van der Waals surface area contributed by atoms with Crippen molar-refractivity contribution in [3.63, 3.8) is 0 Å². The Balaban J connectivity index is 2.21. The van der Waals surface area contributed by atoms with E-state index in [1.165, 1.54) is 17.2 Å². The Bertz CT molecular complexity index is 624. The third-order valence-electron chi connectivity index (χ3n) is 3.24. The van der Waals surface area contributed by atoms with Crippen LogP contribution in [-0.2, 0) is 13.0 Å². The van der Waals surface area contributed by atoms with Gasteiger partial charge in [-0.25, -0.2) is 4.79 Å². The van der Waals surface area contributed by atoms with Gasteiger partial charge in [0.15, 0.2) is 0 Å². The minimum absolute atomic E-state index is 0.193. The van der Waals surface area contributed by atoms with E-state index in [0.29, 0.717) is 17.9 Å². The SMILES string of the molecule is CCc1ccccc1CNc1ccc(N)cc1C(=O)O. The molecule has 0 aliphatic heterocycles. The van der Waals surface area contributed by atoms with Crippen LogP contribution in [0.5, 0.6) is 0 Å². The van der Waals surface area contributed by atoms with Crippen LogP contribution in [0.25, 0.3) is 0 Å². The molecule has 2 aromatic rings. The molecule has 0 fully saturated rings. The van der Waals surface area contributed by atoms with E-state index < -0.39 is 5.97 Å². The average Bonchev–Trinajstić information content (AvgIpc) is 2.46. The summed E-state index contributed by atoms with van der Waals surface area (Å²) in [6, 6.07) is 13.0. The molecule has 20 heavy (non-hydrogen) atoms. The van der Waals surface area contributed by atoms with Crippen LogP contribution >= 0.6 is 0 Å². The van der Waals surface area contributed by atoms with Crippen molar-refractivity contribution in [1.82, 2.24) is 0 Å². The minimum atomic E-state index is -0.983. The number of hydrogen-bond donors (Lipinski definition) is 3. The van der Waals surface area contributed by atoms with Gasteiger partial charge in [0.1, 0.15) is 0 Å². The van der Waals surface area contributed by atoms with Crippen LogP contribution in [0.1, 0.15) is 28.4 Å². The maximum atomic E-state index is 11.2. The molecule has 0 amide bonds. The topological polar surface area (TPSA) is 75.3 Å². The zero-order valence-electron chi connectivity index (χ0n) is 11.4. The van der Waals surface area contributed by atoms with Gasteiger partial charge < -0.3 is 16.2 Å². The quantitative estimate of drug-likeness (QED) is 0.730. The Hall–Kier alpha value is -2.49. The Kier molecular flexibility index (Phi) is 4.25. The van der Waals surface area contributed by atoms with Crippen molar-refractivity contribution in [3.05, 3.63) is 59.2 Å². The highest BCUT2D eigenvalue weighted by atomic mass is 16.4. The number of aromatic carboxylic acids is 1. The molecule has 0 atom stereocenters. The number of nitrogens with two attached hydrogens (primary N) is 1. The van der Waals surface area contributed by atoms with E-state index in [9.17, 15) is 9.90 Å². The predicted octanol–water partition coefficient (Wildman–Crippen LogP) is 3.14. The van der Waals surface area contributed by atoms with Gasteiger partial charge >= 0.3 is 5.97 Å². The summed E-state index contributed by atoms with van der Waals surface area (Å²) in [6.45, 7) is 2.69. The number of nitrogens with one attached hydrogen (secondary N) is 1. The summed E-state index contributed by atoms with van der Waals surface area (Å²) >= 11 is 0. The van der Waals surface area contributed by atoms with Gasteiger partial charge in [0.25, 0.3) is 0 Å². The standard InChI is InChI=1S/C16H18N2O2/c1-2-11-5-3-4-6-12(11)10-18-15-8-7-13(17)9-14(15)16(19)20/h3-9,18H,2,10,17H2,1H3,(H,19,20). The number of nitrogen functional groups attached to an aromatic ring is 1. The number of anilines is 2. The summed E-state index contributed by atoms with van der Waals surface area (Å²) in [5, 5.41) is 12.4. The van der Waals surface area contributed by atoms with Crippen LogP contribution in [0.4, 0.5) is 11.4 Å². The average molecular weight is 270 g/mol. The Morgan fingerprint density at radius 3 is 2.55 bits per heavy atom. The van der Waals surface area contributed by atoms with E-state index >= 15 is 0 Å². The summed E-state index contributed by atoms with van der Waals surface area (Å²) in [7, 11) is 0. The van der Waals surface area contributed by atoms with Gasteiger partial charge in [0.2, 0.25) is 0 Å². The molecule has 0 aliphatic rings. The molecule has 0 heterocycles. The van der Waals surface area contributed by atoms with Crippen molar-refractivity contribution in [2.45, 2.75) is 19.9 Å². The van der Waals surface area contributed by atoms with Crippen molar-refractivity contribution < 1.29 is 9.90 Å². The first-order valence-corrected chi connectivity index (χ1v) is 6.55. The minimum Gasteiger partial charge on any atom is -0.478 e. The molecule has 0 unspecified atom stereocenters. The van der Waals surface area contributed by atoms with Crippen molar-refractivity contribution in [3.8, 4) is 0 Å². The summed E-state index contributed by atoms with van der Waals surface area (Å²) in [4.78, 5) is 11.2. The molecule has 0 saturated carbocycles. The molecule has 0 radical (unpaired) electrons. The van der Waals surface area contributed by atoms with Gasteiger partial charge in [-0.1, -0.05) is 31.2 Å². The number of aryl methyl sites for hydroxylation is 1. The Labute approximate surface area is 118 Å². The lowest BCUT2D eigenvalue weighted by molar-refractivity contribution is 0.0698. The molecule has 0 aliphatic carbocycles. The van der Waals surface area contributed by atoms with Crippen LogP contribution in [0.3, 0.4) is 0 Å². The number of rotatable bonds is 5. The second-order valence-corrected chi connectivity index (χ2v) is 4.59. The second-order valence-electron chi connectivity index (χ2n) is 4.59. The number of carboxylic acid groups (broad SMARTS) is 1. The van der Waals surface area contributed by atoms with Gasteiger partial charge in [-0.05, 0) is 35.7 Å². The molecule has 0 saturated heterocycles. The fourth-order valence-corrected chi connectivity index (χ4v) is 2.16. The van der Waals surface area contributed by atoms with Gasteiger partial charge in [-0.3, -0.25) is 0 Å². The van der Waals surface area contributed by atoms with Crippen molar-refractivity contribution in [2.24, 2.45) is 0 Å². The monoisotopic (exact) mass is 270 g/mol. The van der Waals surface area contributed by atoms with E-state index in [1.54, 1.807) is 12.1 Å². The molecular formula is C16H18N2O2. The number of carboxylic acids is 1. The molecule has 0 bridgehead atoms. The van der Waals surface area contributed by atoms with Crippen LogP contribution in [0, 0.1) is 0 Å². The van der Waals surface area contributed by atoms with E-state index in [2.05, 4.69) is 18.3 Å². The van der Waals surface area contributed by atoms with Crippen LogP contribution in [0.15, 0.2) is 42.5 Å². The van der Waals surface area contributed by atoms with Crippen molar-refractivity contribution >= 4 is 17.3 Å². The summed E-state index contributed by atoms with van der Waals surface area (Å²) in [6.07, 6.45) is 0.950. The third kappa shape index (κ3) is 3.09. The maximum Gasteiger partial charge on any atom is 0.337 e. The number of benzene rings is 2. The third-order valence-corrected chi connectivity index (χ3v) is 3.24. The normalized spacial score (nSPS) is 10.2. The predicted molar refractivity (Wildman–Crippen MR) is 81.0 cm³/mol. The van der Waals surface area contributed by atoms with Gasteiger partial charge in [0, 0.05) is 17.9 Å². The Morgan fingerprint density at radius 2 is 1.90 bits per heavy atom. The molecule has 2 rings (SSSR count). The summed E-state index contributed by atoms with van der Waals surface area (Å²) < 4.78 is 0. The van der Waals surface area contributed by atoms with E-state index in [-0.39, 0.29) is 5.56 Å². The molecular weight excluding hydrogens is 252 g/mol. The molecule has 0 aromatic heterocycles. The molecule has 4 heteroatoms. The van der Waals surface area contributed by atoms with Crippen LogP contribution in [-0.4, -0.2) is 11.1 Å². The highest BCUT2D eigenvalue weighted by molar-refractivity contribution is 5.95. The second kappa shape index (κ2) is 6.10. The number of carbonyl (C=O) groups is 1. The number of hydrogen-bond acceptors (Lipinski definition) is 3. The van der Waals surface area contributed by atoms with Crippen LogP contribution in [0.2, 0.25) is 0 Å².